The van der Waals surface area contributed by atoms with Crippen molar-refractivity contribution in [2.24, 2.45) is 0 Å². The zero-order valence-corrected chi connectivity index (χ0v) is 16.3. The van der Waals surface area contributed by atoms with Crippen molar-refractivity contribution in [2.45, 2.75) is 6.54 Å². The Balaban J connectivity index is 1.55. The highest BCUT2D eigenvalue weighted by Crippen LogP contribution is 2.29. The Hall–Kier alpha value is -4.06. The third kappa shape index (κ3) is 4.03. The lowest BCUT2D eigenvalue weighted by atomic mass is 10.1. The van der Waals surface area contributed by atoms with Gasteiger partial charge in [-0.1, -0.05) is 48.5 Å². The van der Waals surface area contributed by atoms with E-state index in [4.69, 9.17) is 9.15 Å². The van der Waals surface area contributed by atoms with Crippen LogP contribution in [0.4, 0.5) is 0 Å². The fraction of sp³-hybridized carbons (Fsp3) is 0.0833. The highest BCUT2D eigenvalue weighted by atomic mass is 16.5. The molecular formula is C24H20N2O4. The molecule has 0 spiro atoms. The summed E-state index contributed by atoms with van der Waals surface area (Å²) in [7, 11) is 1.48. The Morgan fingerprint density at radius 1 is 1.07 bits per heavy atom. The van der Waals surface area contributed by atoms with Gasteiger partial charge in [-0.25, -0.2) is 4.98 Å². The van der Waals surface area contributed by atoms with Crippen LogP contribution in [0, 0.1) is 0 Å². The molecule has 0 unspecified atom stereocenters. The minimum Gasteiger partial charge on any atom is -0.504 e. The number of nitrogens with one attached hydrogen (secondary N) is 1. The summed E-state index contributed by atoms with van der Waals surface area (Å²) in [6.45, 7) is 0.282. The van der Waals surface area contributed by atoms with E-state index < -0.39 is 0 Å². The molecule has 4 rings (SSSR count). The highest BCUT2D eigenvalue weighted by molar-refractivity contribution is 6.00. The second kappa shape index (κ2) is 8.53. The molecule has 1 aromatic heterocycles. The molecular weight excluding hydrogens is 380 g/mol. The number of ether oxygens (including phenoxy) is 1. The first-order valence-electron chi connectivity index (χ1n) is 9.40. The number of hydrogen-bond acceptors (Lipinski definition) is 5. The molecule has 0 atom stereocenters. The normalized spacial score (nSPS) is 10.6. The maximum Gasteiger partial charge on any atom is 0.252 e. The number of hydrogen-bond donors (Lipinski definition) is 2. The van der Waals surface area contributed by atoms with Crippen LogP contribution in [0.1, 0.15) is 15.9 Å². The molecule has 0 saturated carbocycles. The van der Waals surface area contributed by atoms with Crippen LogP contribution in [0.2, 0.25) is 0 Å². The maximum atomic E-state index is 12.8. The lowest BCUT2D eigenvalue weighted by molar-refractivity contribution is 0.0951. The second-order valence-electron chi connectivity index (χ2n) is 6.63. The van der Waals surface area contributed by atoms with Crippen molar-refractivity contribution in [1.82, 2.24) is 10.3 Å². The van der Waals surface area contributed by atoms with E-state index in [1.165, 1.54) is 13.2 Å². The van der Waals surface area contributed by atoms with Gasteiger partial charge in [-0.3, -0.25) is 4.79 Å². The molecule has 3 aromatic carbocycles. The van der Waals surface area contributed by atoms with Gasteiger partial charge in [0, 0.05) is 17.7 Å². The van der Waals surface area contributed by atoms with Gasteiger partial charge in [0.1, 0.15) is 0 Å². The van der Waals surface area contributed by atoms with E-state index in [0.717, 1.165) is 11.1 Å². The maximum absolute atomic E-state index is 12.8. The first kappa shape index (κ1) is 19.3. The molecule has 30 heavy (non-hydrogen) atoms. The van der Waals surface area contributed by atoms with Crippen molar-refractivity contribution < 1.29 is 19.1 Å². The number of aromatic nitrogens is 1. The molecule has 0 saturated heterocycles. The van der Waals surface area contributed by atoms with Crippen LogP contribution >= 0.6 is 0 Å². The smallest absolute Gasteiger partial charge is 0.252 e. The van der Waals surface area contributed by atoms with Crippen molar-refractivity contribution in [3.05, 3.63) is 90.1 Å². The van der Waals surface area contributed by atoms with Gasteiger partial charge in [0.05, 0.1) is 18.9 Å². The van der Waals surface area contributed by atoms with Crippen LogP contribution in [-0.2, 0) is 6.54 Å². The van der Waals surface area contributed by atoms with Crippen LogP contribution in [0.5, 0.6) is 11.5 Å². The minimum atomic E-state index is -0.253. The number of oxazole rings is 1. The van der Waals surface area contributed by atoms with E-state index in [1.807, 2.05) is 36.4 Å². The molecule has 1 heterocycles. The highest BCUT2D eigenvalue weighted by Gasteiger charge is 2.17. The predicted molar refractivity (Wildman–Crippen MR) is 113 cm³/mol. The van der Waals surface area contributed by atoms with Crippen molar-refractivity contribution >= 4 is 5.91 Å². The third-order valence-corrected chi connectivity index (χ3v) is 4.66. The molecule has 2 N–H and O–H groups in total. The van der Waals surface area contributed by atoms with Gasteiger partial charge in [0.15, 0.2) is 17.3 Å². The molecule has 0 bridgehead atoms. The first-order valence-corrected chi connectivity index (χ1v) is 9.40. The summed E-state index contributed by atoms with van der Waals surface area (Å²) >= 11 is 0. The average Bonchev–Trinajstić information content (AvgIpc) is 3.29. The quantitative estimate of drug-likeness (QED) is 0.492. The summed E-state index contributed by atoms with van der Waals surface area (Å²) in [5.41, 5.74) is 2.79. The number of benzene rings is 3. The zero-order valence-electron chi connectivity index (χ0n) is 16.3. The summed E-state index contributed by atoms with van der Waals surface area (Å²) in [5, 5.41) is 12.6. The van der Waals surface area contributed by atoms with Crippen LogP contribution < -0.4 is 10.1 Å². The molecule has 0 aliphatic carbocycles. The first-order chi connectivity index (χ1) is 14.7. The van der Waals surface area contributed by atoms with Crippen LogP contribution in [0.15, 0.2) is 83.4 Å². The summed E-state index contributed by atoms with van der Waals surface area (Å²) in [4.78, 5) is 17.2. The number of carbonyl (C=O) groups is 1. The number of aromatic hydroxyl groups is 1. The Kier molecular flexibility index (Phi) is 5.48. The molecule has 1 amide bonds. The second-order valence-corrected chi connectivity index (χ2v) is 6.63. The Bertz CT molecular complexity index is 1170. The van der Waals surface area contributed by atoms with E-state index in [9.17, 15) is 9.90 Å². The summed E-state index contributed by atoms with van der Waals surface area (Å²) < 4.78 is 11.0. The van der Waals surface area contributed by atoms with Crippen LogP contribution in [0.3, 0.4) is 0 Å². The number of amides is 1. The Morgan fingerprint density at radius 3 is 2.63 bits per heavy atom. The number of methoxy groups -OCH3 is 1. The third-order valence-electron chi connectivity index (χ3n) is 4.66. The predicted octanol–water partition coefficient (Wildman–Crippen LogP) is 4.65. The standard InChI is InChI=1S/C24H20N2O4/c1-29-21-13-16(11-12-20(21)27)14-25-23(28)18-9-5-6-10-19(18)24-26-15-22(30-24)17-7-3-2-4-8-17/h2-13,15,27H,14H2,1H3,(H,25,28). The molecule has 6 heteroatoms. The van der Waals surface area contributed by atoms with E-state index in [1.54, 1.807) is 36.5 Å². The fourth-order valence-electron chi connectivity index (χ4n) is 3.11. The molecule has 150 valence electrons. The van der Waals surface area contributed by atoms with E-state index in [-0.39, 0.29) is 18.2 Å². The lowest BCUT2D eigenvalue weighted by Crippen LogP contribution is -2.23. The average molecular weight is 400 g/mol. The SMILES string of the molecule is COc1cc(CNC(=O)c2ccccc2-c2ncc(-c3ccccc3)o2)ccc1O. The van der Waals surface area contributed by atoms with E-state index in [0.29, 0.717) is 28.5 Å². The zero-order chi connectivity index (χ0) is 20.9. The number of rotatable bonds is 6. The molecule has 6 nitrogen and oxygen atoms in total. The molecule has 4 aromatic rings. The number of carbonyl (C=O) groups excluding carboxylic acids is 1. The molecule has 0 radical (unpaired) electrons. The van der Waals surface area contributed by atoms with Gasteiger partial charge in [0.25, 0.3) is 5.91 Å². The number of nitrogens with zero attached hydrogens (tertiary/aromatic N) is 1. The van der Waals surface area contributed by atoms with Gasteiger partial charge in [0.2, 0.25) is 5.89 Å². The number of phenols is 1. The van der Waals surface area contributed by atoms with Gasteiger partial charge >= 0.3 is 0 Å². The monoisotopic (exact) mass is 400 g/mol. The molecule has 0 aliphatic rings. The Labute approximate surface area is 173 Å². The van der Waals surface area contributed by atoms with Crippen LogP contribution in [0.25, 0.3) is 22.8 Å². The fourth-order valence-corrected chi connectivity index (χ4v) is 3.11. The minimum absolute atomic E-state index is 0.0519. The van der Waals surface area contributed by atoms with Crippen molar-refractivity contribution in [2.75, 3.05) is 7.11 Å². The van der Waals surface area contributed by atoms with Gasteiger partial charge < -0.3 is 19.6 Å². The molecule has 0 aliphatic heterocycles. The van der Waals surface area contributed by atoms with Crippen molar-refractivity contribution in [3.8, 4) is 34.3 Å². The van der Waals surface area contributed by atoms with E-state index in [2.05, 4.69) is 10.3 Å². The Morgan fingerprint density at radius 2 is 1.83 bits per heavy atom. The van der Waals surface area contributed by atoms with Gasteiger partial charge in [-0.15, -0.1) is 0 Å². The molecule has 0 fully saturated rings. The van der Waals surface area contributed by atoms with Gasteiger partial charge in [-0.2, -0.15) is 0 Å². The summed E-state index contributed by atoms with van der Waals surface area (Å²) in [6, 6.07) is 21.8. The number of phenolic OH excluding ortho intramolecular Hbond substituents is 1. The van der Waals surface area contributed by atoms with Crippen molar-refractivity contribution in [1.29, 1.82) is 0 Å². The van der Waals surface area contributed by atoms with Crippen molar-refractivity contribution in [3.63, 3.8) is 0 Å². The lowest BCUT2D eigenvalue weighted by Gasteiger charge is -2.10. The van der Waals surface area contributed by atoms with E-state index >= 15 is 0 Å². The summed E-state index contributed by atoms with van der Waals surface area (Å²) in [6.07, 6.45) is 1.65. The largest absolute Gasteiger partial charge is 0.504 e. The van der Waals surface area contributed by atoms with Crippen LogP contribution in [-0.4, -0.2) is 23.1 Å². The van der Waals surface area contributed by atoms with Gasteiger partial charge in [-0.05, 0) is 29.8 Å². The topological polar surface area (TPSA) is 84.6 Å². The summed E-state index contributed by atoms with van der Waals surface area (Å²) in [5.74, 6) is 1.17.